The highest BCUT2D eigenvalue weighted by molar-refractivity contribution is 5.84. The third kappa shape index (κ3) is 3.20. The first kappa shape index (κ1) is 12.5. The standard InChI is InChI=1S/C12H24N2O/c1-5-6-10(4)13-11-7-8-14(9(2)3)12(11)15/h9-11,13H,5-8H2,1-4H3. The quantitative estimate of drug-likeness (QED) is 0.753. The minimum Gasteiger partial charge on any atom is -0.339 e. The van der Waals surface area contributed by atoms with E-state index in [1.807, 2.05) is 4.90 Å². The molecule has 2 atom stereocenters. The SMILES string of the molecule is CCCC(C)NC1CCN(C(C)C)C1=O. The molecule has 0 aliphatic carbocycles. The van der Waals surface area contributed by atoms with Crippen LogP contribution >= 0.6 is 0 Å². The number of nitrogens with zero attached hydrogens (tertiary/aromatic N) is 1. The van der Waals surface area contributed by atoms with Gasteiger partial charge in [-0.1, -0.05) is 13.3 Å². The van der Waals surface area contributed by atoms with Crippen LogP contribution in [0.3, 0.4) is 0 Å². The number of hydrogen-bond acceptors (Lipinski definition) is 2. The van der Waals surface area contributed by atoms with Gasteiger partial charge < -0.3 is 10.2 Å². The van der Waals surface area contributed by atoms with Crippen LogP contribution in [0.2, 0.25) is 0 Å². The van der Waals surface area contributed by atoms with E-state index in [0.29, 0.717) is 12.1 Å². The fourth-order valence-corrected chi connectivity index (χ4v) is 2.23. The van der Waals surface area contributed by atoms with Gasteiger partial charge in [0.2, 0.25) is 5.91 Å². The molecule has 2 unspecified atom stereocenters. The smallest absolute Gasteiger partial charge is 0.240 e. The summed E-state index contributed by atoms with van der Waals surface area (Å²) in [6.45, 7) is 9.41. The summed E-state index contributed by atoms with van der Waals surface area (Å²) in [4.78, 5) is 13.9. The summed E-state index contributed by atoms with van der Waals surface area (Å²) in [6.07, 6.45) is 3.28. The summed E-state index contributed by atoms with van der Waals surface area (Å²) in [6, 6.07) is 0.857. The molecule has 0 spiro atoms. The molecule has 1 N–H and O–H groups in total. The third-order valence-corrected chi connectivity index (χ3v) is 3.07. The molecule has 0 aromatic heterocycles. The Balaban J connectivity index is 2.42. The topological polar surface area (TPSA) is 32.3 Å². The number of hydrogen-bond donors (Lipinski definition) is 1. The molecule has 0 radical (unpaired) electrons. The third-order valence-electron chi connectivity index (χ3n) is 3.07. The van der Waals surface area contributed by atoms with Crippen molar-refractivity contribution in [2.24, 2.45) is 0 Å². The molecule has 0 bridgehead atoms. The Morgan fingerprint density at radius 3 is 2.60 bits per heavy atom. The Morgan fingerprint density at radius 2 is 2.13 bits per heavy atom. The molecule has 1 fully saturated rings. The van der Waals surface area contributed by atoms with Crippen LogP contribution in [-0.2, 0) is 4.79 Å². The van der Waals surface area contributed by atoms with Crippen molar-refractivity contribution in [1.82, 2.24) is 10.2 Å². The Morgan fingerprint density at radius 1 is 1.47 bits per heavy atom. The van der Waals surface area contributed by atoms with E-state index in [2.05, 4.69) is 33.0 Å². The van der Waals surface area contributed by atoms with Gasteiger partial charge in [-0.05, 0) is 33.6 Å². The zero-order valence-corrected chi connectivity index (χ0v) is 10.4. The zero-order chi connectivity index (χ0) is 11.4. The Kier molecular flexibility index (Phi) is 4.58. The molecule has 0 aromatic carbocycles. The molecule has 1 heterocycles. The lowest BCUT2D eigenvalue weighted by molar-refractivity contribution is -0.130. The van der Waals surface area contributed by atoms with Gasteiger partial charge in [0.25, 0.3) is 0 Å². The van der Waals surface area contributed by atoms with Crippen LogP contribution in [0.15, 0.2) is 0 Å². The lowest BCUT2D eigenvalue weighted by Gasteiger charge is -2.22. The van der Waals surface area contributed by atoms with Crippen LogP contribution in [0, 0.1) is 0 Å². The molecule has 88 valence electrons. The minimum absolute atomic E-state index is 0.0638. The molecule has 0 saturated carbocycles. The number of carbonyl (C=O) groups excluding carboxylic acids is 1. The Bertz CT molecular complexity index is 216. The van der Waals surface area contributed by atoms with Crippen LogP contribution in [0.5, 0.6) is 0 Å². The van der Waals surface area contributed by atoms with Crippen LogP contribution < -0.4 is 5.32 Å². The summed E-state index contributed by atoms with van der Waals surface area (Å²) in [5.74, 6) is 0.285. The molecule has 1 aliphatic rings. The predicted molar refractivity (Wildman–Crippen MR) is 62.8 cm³/mol. The van der Waals surface area contributed by atoms with E-state index < -0.39 is 0 Å². The average Bonchev–Trinajstić information content (AvgIpc) is 2.48. The molecule has 1 rings (SSSR count). The molecular formula is C12H24N2O. The number of amides is 1. The lowest BCUT2D eigenvalue weighted by Crippen LogP contribution is -2.44. The first-order valence-electron chi connectivity index (χ1n) is 6.12. The summed E-state index contributed by atoms with van der Waals surface area (Å²) in [5, 5.41) is 3.42. The predicted octanol–water partition coefficient (Wildman–Crippen LogP) is 1.77. The maximum absolute atomic E-state index is 12.0. The van der Waals surface area contributed by atoms with E-state index in [4.69, 9.17) is 0 Å². The van der Waals surface area contributed by atoms with E-state index in [1.54, 1.807) is 0 Å². The van der Waals surface area contributed by atoms with Gasteiger partial charge in [0.05, 0.1) is 6.04 Å². The van der Waals surface area contributed by atoms with Crippen molar-refractivity contribution in [2.45, 2.75) is 65.1 Å². The van der Waals surface area contributed by atoms with E-state index in [1.165, 1.54) is 6.42 Å². The number of carbonyl (C=O) groups is 1. The average molecular weight is 212 g/mol. The van der Waals surface area contributed by atoms with Gasteiger partial charge in [0.15, 0.2) is 0 Å². The first-order chi connectivity index (χ1) is 7.06. The number of likely N-dealkylation sites (tertiary alicyclic amines) is 1. The molecule has 3 heteroatoms. The normalized spacial score (nSPS) is 23.9. The first-order valence-corrected chi connectivity index (χ1v) is 6.12. The van der Waals surface area contributed by atoms with Crippen molar-refractivity contribution in [2.75, 3.05) is 6.54 Å². The highest BCUT2D eigenvalue weighted by Gasteiger charge is 2.33. The molecule has 3 nitrogen and oxygen atoms in total. The fraction of sp³-hybridized carbons (Fsp3) is 0.917. The molecular weight excluding hydrogens is 188 g/mol. The second kappa shape index (κ2) is 5.50. The summed E-state index contributed by atoms with van der Waals surface area (Å²) >= 11 is 0. The second-order valence-electron chi connectivity index (χ2n) is 4.82. The molecule has 1 aliphatic heterocycles. The maximum Gasteiger partial charge on any atom is 0.240 e. The monoisotopic (exact) mass is 212 g/mol. The number of nitrogens with one attached hydrogen (secondary N) is 1. The Labute approximate surface area is 93.2 Å². The minimum atomic E-state index is 0.0638. The summed E-state index contributed by atoms with van der Waals surface area (Å²) in [7, 11) is 0. The molecule has 0 aromatic rings. The Hall–Kier alpha value is -0.570. The van der Waals surface area contributed by atoms with Crippen molar-refractivity contribution in [1.29, 1.82) is 0 Å². The van der Waals surface area contributed by atoms with Gasteiger partial charge in [-0.3, -0.25) is 4.79 Å². The van der Waals surface area contributed by atoms with Crippen LogP contribution in [0.1, 0.15) is 47.0 Å². The largest absolute Gasteiger partial charge is 0.339 e. The van der Waals surface area contributed by atoms with E-state index in [-0.39, 0.29) is 11.9 Å². The van der Waals surface area contributed by atoms with Gasteiger partial charge in [-0.15, -0.1) is 0 Å². The highest BCUT2D eigenvalue weighted by Crippen LogP contribution is 2.15. The van der Waals surface area contributed by atoms with E-state index in [0.717, 1.165) is 19.4 Å². The fourth-order valence-electron chi connectivity index (χ4n) is 2.23. The van der Waals surface area contributed by atoms with Gasteiger partial charge in [-0.25, -0.2) is 0 Å². The van der Waals surface area contributed by atoms with Crippen molar-refractivity contribution in [3.05, 3.63) is 0 Å². The van der Waals surface area contributed by atoms with Crippen molar-refractivity contribution in [3.8, 4) is 0 Å². The van der Waals surface area contributed by atoms with Gasteiger partial charge in [0.1, 0.15) is 0 Å². The van der Waals surface area contributed by atoms with Gasteiger partial charge in [-0.2, -0.15) is 0 Å². The van der Waals surface area contributed by atoms with E-state index >= 15 is 0 Å². The van der Waals surface area contributed by atoms with E-state index in [9.17, 15) is 4.79 Å². The molecule has 1 saturated heterocycles. The van der Waals surface area contributed by atoms with Crippen molar-refractivity contribution >= 4 is 5.91 Å². The summed E-state index contributed by atoms with van der Waals surface area (Å²) in [5.41, 5.74) is 0. The van der Waals surface area contributed by atoms with Crippen LogP contribution in [0.4, 0.5) is 0 Å². The van der Waals surface area contributed by atoms with Gasteiger partial charge in [0, 0.05) is 18.6 Å². The number of rotatable bonds is 5. The van der Waals surface area contributed by atoms with Crippen LogP contribution in [-0.4, -0.2) is 35.5 Å². The second-order valence-corrected chi connectivity index (χ2v) is 4.82. The highest BCUT2D eigenvalue weighted by atomic mass is 16.2. The van der Waals surface area contributed by atoms with Gasteiger partial charge >= 0.3 is 0 Å². The molecule has 15 heavy (non-hydrogen) atoms. The molecule has 1 amide bonds. The lowest BCUT2D eigenvalue weighted by atomic mass is 10.1. The van der Waals surface area contributed by atoms with Crippen LogP contribution in [0.25, 0.3) is 0 Å². The maximum atomic E-state index is 12.0. The zero-order valence-electron chi connectivity index (χ0n) is 10.4. The van der Waals surface area contributed by atoms with Crippen molar-refractivity contribution in [3.63, 3.8) is 0 Å². The van der Waals surface area contributed by atoms with Crippen molar-refractivity contribution < 1.29 is 4.79 Å². The summed E-state index contributed by atoms with van der Waals surface area (Å²) < 4.78 is 0.